The number of para-hydroxylation sites is 1. The molecule has 1 aliphatic heterocycles. The highest BCUT2D eigenvalue weighted by atomic mass is 35.5. The third kappa shape index (κ3) is 5.02. The highest BCUT2D eigenvalue weighted by Gasteiger charge is 2.33. The first-order valence-corrected chi connectivity index (χ1v) is 9.88. The van der Waals surface area contributed by atoms with Gasteiger partial charge in [-0.05, 0) is 55.7 Å². The van der Waals surface area contributed by atoms with Crippen LogP contribution in [-0.4, -0.2) is 36.3 Å². The van der Waals surface area contributed by atoms with Crippen LogP contribution in [0.5, 0.6) is 0 Å². The van der Waals surface area contributed by atoms with Gasteiger partial charge in [-0.25, -0.2) is 0 Å². The smallest absolute Gasteiger partial charge is 0.255 e. The molecule has 1 aromatic rings. The van der Waals surface area contributed by atoms with Crippen molar-refractivity contribution in [1.29, 1.82) is 0 Å². The Kier molecular flexibility index (Phi) is 7.68. The minimum atomic E-state index is -0.0433. The molecule has 27 heavy (non-hydrogen) atoms. The van der Waals surface area contributed by atoms with Gasteiger partial charge in [-0.3, -0.25) is 9.59 Å². The van der Waals surface area contributed by atoms with Gasteiger partial charge >= 0.3 is 0 Å². The van der Waals surface area contributed by atoms with Crippen LogP contribution in [0, 0.1) is 23.7 Å². The Morgan fingerprint density at radius 1 is 1.15 bits per heavy atom. The molecule has 1 saturated carbocycles. The monoisotopic (exact) mass is 393 g/mol. The molecule has 2 fully saturated rings. The van der Waals surface area contributed by atoms with Crippen molar-refractivity contribution in [3.05, 3.63) is 29.8 Å². The van der Waals surface area contributed by atoms with Crippen molar-refractivity contribution in [3.63, 3.8) is 0 Å². The van der Waals surface area contributed by atoms with Crippen molar-refractivity contribution in [2.75, 3.05) is 25.0 Å². The predicted molar refractivity (Wildman–Crippen MR) is 111 cm³/mol. The Hall–Kier alpha value is -1.59. The summed E-state index contributed by atoms with van der Waals surface area (Å²) in [6, 6.07) is 7.37. The molecule has 6 heteroatoms. The molecule has 0 aromatic heterocycles. The molecule has 0 bridgehead atoms. The molecule has 2 amide bonds. The minimum absolute atomic E-state index is 0. The zero-order valence-corrected chi connectivity index (χ0v) is 17.1. The van der Waals surface area contributed by atoms with E-state index in [9.17, 15) is 9.59 Å². The first-order valence-electron chi connectivity index (χ1n) is 9.88. The quantitative estimate of drug-likeness (QED) is 0.821. The summed E-state index contributed by atoms with van der Waals surface area (Å²) in [6.07, 6.45) is 4.10. The van der Waals surface area contributed by atoms with Crippen LogP contribution in [0.15, 0.2) is 24.3 Å². The second-order valence-corrected chi connectivity index (χ2v) is 8.22. The maximum absolute atomic E-state index is 13.1. The number of carbonyl (C=O) groups excluding carboxylic acids is 2. The van der Waals surface area contributed by atoms with E-state index >= 15 is 0 Å². The van der Waals surface area contributed by atoms with E-state index in [0.717, 1.165) is 38.8 Å². The number of likely N-dealkylation sites (tertiary alicyclic amines) is 1. The van der Waals surface area contributed by atoms with Crippen LogP contribution in [0.4, 0.5) is 5.69 Å². The van der Waals surface area contributed by atoms with Gasteiger partial charge in [0.05, 0.1) is 11.3 Å². The molecule has 3 rings (SSSR count). The Balaban J connectivity index is 0.00000261. The first kappa shape index (κ1) is 21.7. The summed E-state index contributed by atoms with van der Waals surface area (Å²) in [7, 11) is 0. The van der Waals surface area contributed by atoms with Gasteiger partial charge in [0.1, 0.15) is 0 Å². The van der Waals surface area contributed by atoms with Crippen molar-refractivity contribution in [2.24, 2.45) is 29.4 Å². The normalized spacial score (nSPS) is 27.7. The molecule has 3 N–H and O–H groups in total. The first-order chi connectivity index (χ1) is 12.5. The molecule has 4 atom stereocenters. The molecular weight excluding hydrogens is 362 g/mol. The lowest BCUT2D eigenvalue weighted by atomic mass is 9.91. The average molecular weight is 394 g/mol. The van der Waals surface area contributed by atoms with Crippen molar-refractivity contribution < 1.29 is 9.59 Å². The zero-order chi connectivity index (χ0) is 18.7. The van der Waals surface area contributed by atoms with Crippen molar-refractivity contribution in [2.45, 2.75) is 39.5 Å². The van der Waals surface area contributed by atoms with Gasteiger partial charge < -0.3 is 16.0 Å². The summed E-state index contributed by atoms with van der Waals surface area (Å²) in [4.78, 5) is 27.8. The third-order valence-electron chi connectivity index (χ3n) is 5.87. The number of benzene rings is 1. The number of amides is 2. The van der Waals surface area contributed by atoms with E-state index in [1.807, 2.05) is 29.2 Å². The summed E-state index contributed by atoms with van der Waals surface area (Å²) in [5.41, 5.74) is 7.03. The number of rotatable bonds is 4. The summed E-state index contributed by atoms with van der Waals surface area (Å²) >= 11 is 0. The van der Waals surface area contributed by atoms with Gasteiger partial charge in [-0.2, -0.15) is 0 Å². The molecule has 1 saturated heterocycles. The maximum atomic E-state index is 13.1. The van der Waals surface area contributed by atoms with Gasteiger partial charge in [-0.15, -0.1) is 12.4 Å². The van der Waals surface area contributed by atoms with E-state index in [-0.39, 0.29) is 36.1 Å². The number of carbonyl (C=O) groups is 2. The van der Waals surface area contributed by atoms with E-state index in [2.05, 4.69) is 19.2 Å². The Morgan fingerprint density at radius 2 is 1.81 bits per heavy atom. The highest BCUT2D eigenvalue weighted by Crippen LogP contribution is 2.32. The van der Waals surface area contributed by atoms with Crippen LogP contribution in [0.2, 0.25) is 0 Å². The lowest BCUT2D eigenvalue weighted by molar-refractivity contribution is -0.120. The number of piperidine rings is 1. The molecule has 1 aliphatic carbocycles. The lowest BCUT2D eigenvalue weighted by Gasteiger charge is -2.35. The van der Waals surface area contributed by atoms with Crippen LogP contribution < -0.4 is 11.1 Å². The molecular formula is C21H32ClN3O2. The van der Waals surface area contributed by atoms with Gasteiger partial charge in [0.15, 0.2) is 0 Å². The fourth-order valence-electron chi connectivity index (χ4n) is 4.67. The van der Waals surface area contributed by atoms with Crippen LogP contribution >= 0.6 is 12.4 Å². The molecule has 0 radical (unpaired) electrons. The molecule has 2 aliphatic rings. The van der Waals surface area contributed by atoms with Crippen molar-refractivity contribution in [1.82, 2.24) is 4.90 Å². The van der Waals surface area contributed by atoms with Crippen molar-refractivity contribution in [3.8, 4) is 0 Å². The van der Waals surface area contributed by atoms with Gasteiger partial charge in [0.25, 0.3) is 5.91 Å². The minimum Gasteiger partial charge on any atom is -0.338 e. The largest absolute Gasteiger partial charge is 0.338 e. The standard InChI is InChI=1S/C21H31N3O2.ClH/c1-14-10-15(2)13-24(12-14)21(26)18-7-3-4-9-19(18)23-20(25)17-8-5-6-16(17)11-22;/h3-4,7,9,14-17H,5-6,8,10-13,22H2,1-2H3,(H,23,25);1H/t14?,15?,16-,17-;/m1./s1. The molecule has 5 nitrogen and oxygen atoms in total. The molecule has 1 heterocycles. The van der Waals surface area contributed by atoms with E-state index in [1.165, 1.54) is 0 Å². The maximum Gasteiger partial charge on any atom is 0.255 e. The molecule has 2 unspecified atom stereocenters. The summed E-state index contributed by atoms with van der Waals surface area (Å²) in [5, 5.41) is 3.02. The van der Waals surface area contributed by atoms with E-state index in [4.69, 9.17) is 5.73 Å². The fraction of sp³-hybridized carbons (Fsp3) is 0.619. The fourth-order valence-corrected chi connectivity index (χ4v) is 4.67. The van der Waals surface area contributed by atoms with E-state index in [0.29, 0.717) is 29.6 Å². The number of halogens is 1. The molecule has 0 spiro atoms. The number of nitrogens with one attached hydrogen (secondary N) is 1. The Bertz CT molecular complexity index is 657. The van der Waals surface area contributed by atoms with Crippen LogP contribution in [-0.2, 0) is 4.79 Å². The number of hydrogen-bond donors (Lipinski definition) is 2. The van der Waals surface area contributed by atoms with Gasteiger partial charge in [0, 0.05) is 19.0 Å². The van der Waals surface area contributed by atoms with Crippen LogP contribution in [0.25, 0.3) is 0 Å². The van der Waals surface area contributed by atoms with Crippen LogP contribution in [0.1, 0.15) is 49.9 Å². The number of nitrogens with two attached hydrogens (primary N) is 1. The highest BCUT2D eigenvalue weighted by molar-refractivity contribution is 6.04. The van der Waals surface area contributed by atoms with Crippen LogP contribution in [0.3, 0.4) is 0 Å². The van der Waals surface area contributed by atoms with E-state index in [1.54, 1.807) is 0 Å². The van der Waals surface area contributed by atoms with Crippen molar-refractivity contribution >= 4 is 29.9 Å². The predicted octanol–water partition coefficient (Wildman–Crippen LogP) is 3.54. The topological polar surface area (TPSA) is 75.4 Å². The number of nitrogens with zero attached hydrogens (tertiary/aromatic N) is 1. The Labute approximate surface area is 168 Å². The Morgan fingerprint density at radius 3 is 2.48 bits per heavy atom. The summed E-state index contributed by atoms with van der Waals surface area (Å²) in [5.74, 6) is 1.24. The lowest BCUT2D eigenvalue weighted by Crippen LogP contribution is -2.43. The second-order valence-electron chi connectivity index (χ2n) is 8.22. The number of anilines is 1. The number of hydrogen-bond acceptors (Lipinski definition) is 3. The summed E-state index contributed by atoms with van der Waals surface area (Å²) < 4.78 is 0. The summed E-state index contributed by atoms with van der Waals surface area (Å²) in [6.45, 7) is 6.49. The zero-order valence-electron chi connectivity index (χ0n) is 16.3. The SMILES string of the molecule is CC1CC(C)CN(C(=O)c2ccccc2NC(=O)[C@@H]2CCC[C@@H]2CN)C1.Cl. The van der Waals surface area contributed by atoms with Gasteiger partial charge in [-0.1, -0.05) is 32.4 Å². The third-order valence-corrected chi connectivity index (χ3v) is 5.87. The molecule has 150 valence electrons. The second kappa shape index (κ2) is 9.56. The average Bonchev–Trinajstić information content (AvgIpc) is 3.09. The molecule has 1 aromatic carbocycles. The van der Waals surface area contributed by atoms with Gasteiger partial charge in [0.2, 0.25) is 5.91 Å². The van der Waals surface area contributed by atoms with E-state index < -0.39 is 0 Å².